The normalized spacial score (nSPS) is 11.1. The molecule has 0 heterocycles. The first-order chi connectivity index (χ1) is 9.18. The van der Waals surface area contributed by atoms with Crippen LogP contribution in [0.2, 0.25) is 0 Å². The first-order valence-corrected chi connectivity index (χ1v) is 6.98. The average Bonchev–Trinajstić information content (AvgIpc) is 2.29. The zero-order valence-electron chi connectivity index (χ0n) is 12.6. The van der Waals surface area contributed by atoms with E-state index in [1.54, 1.807) is 0 Å². The molecule has 0 atom stereocenters. The molecule has 20 heavy (non-hydrogen) atoms. The van der Waals surface area contributed by atoms with Crippen LogP contribution in [-0.2, 0) is 4.79 Å². The summed E-state index contributed by atoms with van der Waals surface area (Å²) in [6.45, 7) is 9.46. The van der Waals surface area contributed by atoms with Gasteiger partial charge in [-0.1, -0.05) is 20.8 Å². The Bertz CT molecular complexity index is 476. The molecule has 0 radical (unpaired) electrons. The zero-order valence-corrected chi connectivity index (χ0v) is 13.4. The number of hydrogen-bond donors (Lipinski definition) is 2. The van der Waals surface area contributed by atoms with Crippen LogP contribution in [0.25, 0.3) is 0 Å². The molecule has 1 aromatic carbocycles. The summed E-state index contributed by atoms with van der Waals surface area (Å²) in [5.74, 6) is 0.685. The molecular formula is C15H22N2O2S. The molecule has 0 saturated carbocycles. The molecule has 1 amide bonds. The van der Waals surface area contributed by atoms with E-state index in [-0.39, 0.29) is 12.0 Å². The first-order valence-electron chi connectivity index (χ1n) is 6.57. The largest absolute Gasteiger partial charge is 0.491 e. The Labute approximate surface area is 125 Å². The van der Waals surface area contributed by atoms with Crippen molar-refractivity contribution in [3.8, 4) is 5.75 Å². The minimum atomic E-state index is -0.472. The van der Waals surface area contributed by atoms with E-state index in [4.69, 9.17) is 17.0 Å². The summed E-state index contributed by atoms with van der Waals surface area (Å²) in [5.41, 5.74) is 0.334. The predicted molar refractivity (Wildman–Crippen MR) is 86.0 cm³/mol. The number of anilines is 1. The fourth-order valence-corrected chi connectivity index (χ4v) is 1.55. The van der Waals surface area contributed by atoms with Crippen LogP contribution in [-0.4, -0.2) is 17.1 Å². The molecule has 1 aromatic rings. The van der Waals surface area contributed by atoms with E-state index >= 15 is 0 Å². The lowest BCUT2D eigenvalue weighted by Gasteiger charge is -2.18. The van der Waals surface area contributed by atoms with Crippen LogP contribution in [0.4, 0.5) is 5.69 Å². The molecule has 0 aromatic heterocycles. The number of hydrogen-bond acceptors (Lipinski definition) is 3. The molecule has 0 aliphatic carbocycles. The zero-order chi connectivity index (χ0) is 15.3. The molecule has 0 aliphatic heterocycles. The summed E-state index contributed by atoms with van der Waals surface area (Å²) < 4.78 is 5.55. The van der Waals surface area contributed by atoms with Gasteiger partial charge in [0.05, 0.1) is 6.10 Å². The first kappa shape index (κ1) is 16.4. The highest BCUT2D eigenvalue weighted by atomic mass is 32.1. The molecule has 4 nitrogen and oxygen atoms in total. The van der Waals surface area contributed by atoms with Crippen LogP contribution in [0.5, 0.6) is 5.75 Å². The molecule has 0 aliphatic rings. The second kappa shape index (κ2) is 6.70. The van der Waals surface area contributed by atoms with Crippen molar-refractivity contribution in [2.75, 3.05) is 5.32 Å². The lowest BCUT2D eigenvalue weighted by molar-refractivity contribution is -0.126. The summed E-state index contributed by atoms with van der Waals surface area (Å²) in [7, 11) is 0. The third-order valence-corrected chi connectivity index (χ3v) is 2.60. The average molecular weight is 294 g/mol. The summed E-state index contributed by atoms with van der Waals surface area (Å²) in [6.07, 6.45) is 0.140. The van der Waals surface area contributed by atoms with E-state index in [0.29, 0.717) is 5.11 Å². The third-order valence-electron chi connectivity index (χ3n) is 2.39. The topological polar surface area (TPSA) is 50.4 Å². The molecule has 0 bridgehead atoms. The fraction of sp³-hybridized carbons (Fsp3) is 0.467. The number of ether oxygens (including phenoxy) is 1. The highest BCUT2D eigenvalue weighted by molar-refractivity contribution is 7.80. The smallest absolute Gasteiger partial charge is 0.231 e. The van der Waals surface area contributed by atoms with Gasteiger partial charge in [-0.15, -0.1) is 0 Å². The van der Waals surface area contributed by atoms with Crippen molar-refractivity contribution in [3.05, 3.63) is 24.3 Å². The number of nitrogens with one attached hydrogen (secondary N) is 2. The van der Waals surface area contributed by atoms with Crippen LogP contribution in [0, 0.1) is 5.41 Å². The monoisotopic (exact) mass is 294 g/mol. The number of rotatable bonds is 3. The molecule has 2 N–H and O–H groups in total. The minimum absolute atomic E-state index is 0.116. The summed E-state index contributed by atoms with van der Waals surface area (Å²) in [6, 6.07) is 7.42. The van der Waals surface area contributed by atoms with Gasteiger partial charge >= 0.3 is 0 Å². The Kier molecular flexibility index (Phi) is 5.51. The van der Waals surface area contributed by atoms with Gasteiger partial charge in [-0.2, -0.15) is 0 Å². The SMILES string of the molecule is CC(C)Oc1ccc(NC(=S)NC(=O)C(C)(C)C)cc1. The van der Waals surface area contributed by atoms with Gasteiger partial charge in [0.1, 0.15) is 5.75 Å². The predicted octanol–water partition coefficient (Wildman–Crippen LogP) is 3.33. The number of benzene rings is 1. The lowest BCUT2D eigenvalue weighted by Crippen LogP contribution is -2.41. The molecule has 0 spiro atoms. The number of carbonyl (C=O) groups excluding carboxylic acids is 1. The van der Waals surface area contributed by atoms with Crippen LogP contribution in [0.15, 0.2) is 24.3 Å². The van der Waals surface area contributed by atoms with Crippen LogP contribution in [0.3, 0.4) is 0 Å². The van der Waals surface area contributed by atoms with Crippen molar-refractivity contribution in [3.63, 3.8) is 0 Å². The highest BCUT2D eigenvalue weighted by Gasteiger charge is 2.21. The second-order valence-electron chi connectivity index (χ2n) is 5.85. The van der Waals surface area contributed by atoms with E-state index < -0.39 is 5.41 Å². The fourth-order valence-electron chi connectivity index (χ4n) is 1.34. The lowest BCUT2D eigenvalue weighted by atomic mass is 9.96. The molecule has 1 rings (SSSR count). The maximum absolute atomic E-state index is 11.8. The molecular weight excluding hydrogens is 272 g/mol. The van der Waals surface area contributed by atoms with E-state index in [0.717, 1.165) is 11.4 Å². The van der Waals surface area contributed by atoms with Crippen molar-refractivity contribution in [2.45, 2.75) is 40.7 Å². The van der Waals surface area contributed by atoms with E-state index in [1.807, 2.05) is 58.9 Å². The van der Waals surface area contributed by atoms with Gasteiger partial charge in [-0.3, -0.25) is 4.79 Å². The van der Waals surface area contributed by atoms with Crippen LogP contribution < -0.4 is 15.4 Å². The Hall–Kier alpha value is -1.62. The van der Waals surface area contributed by atoms with E-state index in [9.17, 15) is 4.79 Å². The Morgan fingerprint density at radius 2 is 1.75 bits per heavy atom. The van der Waals surface area contributed by atoms with E-state index in [1.165, 1.54) is 0 Å². The van der Waals surface area contributed by atoms with Crippen molar-refractivity contribution >= 4 is 28.9 Å². The Morgan fingerprint density at radius 3 is 2.20 bits per heavy atom. The summed E-state index contributed by atoms with van der Waals surface area (Å²) in [4.78, 5) is 11.8. The Balaban J connectivity index is 2.56. The summed E-state index contributed by atoms with van der Waals surface area (Å²) >= 11 is 5.11. The van der Waals surface area contributed by atoms with Gasteiger partial charge in [0.25, 0.3) is 0 Å². The van der Waals surface area contributed by atoms with Crippen molar-refractivity contribution in [1.29, 1.82) is 0 Å². The van der Waals surface area contributed by atoms with Crippen molar-refractivity contribution in [1.82, 2.24) is 5.32 Å². The summed E-state index contributed by atoms with van der Waals surface area (Å²) in [5, 5.41) is 5.93. The number of amides is 1. The molecule has 0 unspecified atom stereocenters. The van der Waals surface area contributed by atoms with Crippen LogP contribution >= 0.6 is 12.2 Å². The number of thiocarbonyl (C=S) groups is 1. The maximum atomic E-state index is 11.8. The van der Waals surface area contributed by atoms with Gasteiger partial charge in [0.2, 0.25) is 5.91 Å². The minimum Gasteiger partial charge on any atom is -0.491 e. The number of carbonyl (C=O) groups is 1. The molecule has 0 fully saturated rings. The van der Waals surface area contributed by atoms with Gasteiger partial charge in [0.15, 0.2) is 5.11 Å². The molecule has 0 saturated heterocycles. The van der Waals surface area contributed by atoms with Crippen molar-refractivity contribution in [2.24, 2.45) is 5.41 Å². The highest BCUT2D eigenvalue weighted by Crippen LogP contribution is 2.17. The third kappa shape index (κ3) is 5.57. The maximum Gasteiger partial charge on any atom is 0.231 e. The van der Waals surface area contributed by atoms with Gasteiger partial charge in [0, 0.05) is 11.1 Å². The van der Waals surface area contributed by atoms with Gasteiger partial charge < -0.3 is 15.4 Å². The molecule has 5 heteroatoms. The van der Waals surface area contributed by atoms with Crippen LogP contribution in [0.1, 0.15) is 34.6 Å². The van der Waals surface area contributed by atoms with E-state index in [2.05, 4.69) is 10.6 Å². The van der Waals surface area contributed by atoms with Gasteiger partial charge in [-0.25, -0.2) is 0 Å². The standard InChI is InChI=1S/C15H22N2O2S/c1-10(2)19-12-8-6-11(7-9-12)16-14(20)17-13(18)15(3,4)5/h6-10H,1-5H3,(H2,16,17,18,20). The van der Waals surface area contributed by atoms with Gasteiger partial charge in [-0.05, 0) is 50.3 Å². The Morgan fingerprint density at radius 1 is 1.20 bits per heavy atom. The second-order valence-corrected chi connectivity index (χ2v) is 6.26. The molecule has 110 valence electrons. The quantitative estimate of drug-likeness (QED) is 0.840. The van der Waals surface area contributed by atoms with Crippen molar-refractivity contribution < 1.29 is 9.53 Å².